The molecule has 1 atom stereocenters. The van der Waals surface area contributed by atoms with Crippen LogP contribution in [0.5, 0.6) is 0 Å². The molecular formula is C28H27F3N4O2. The molecule has 1 aliphatic heterocycles. The van der Waals surface area contributed by atoms with Crippen molar-refractivity contribution in [2.45, 2.75) is 32.5 Å². The van der Waals surface area contributed by atoms with Gasteiger partial charge >= 0.3 is 12.1 Å². The van der Waals surface area contributed by atoms with Gasteiger partial charge in [0.05, 0.1) is 22.7 Å². The Morgan fingerprint density at radius 1 is 1.19 bits per heavy atom. The maximum atomic E-state index is 13.5. The highest BCUT2D eigenvalue weighted by atomic mass is 19.4. The number of fused-ring (bicyclic) bond motifs is 3. The van der Waals surface area contributed by atoms with Gasteiger partial charge in [-0.15, -0.1) is 0 Å². The lowest BCUT2D eigenvalue weighted by Gasteiger charge is -2.23. The van der Waals surface area contributed by atoms with Crippen molar-refractivity contribution >= 4 is 33.9 Å². The van der Waals surface area contributed by atoms with Gasteiger partial charge in [0.15, 0.2) is 0 Å². The van der Waals surface area contributed by atoms with Crippen LogP contribution in [0.4, 0.5) is 19.0 Å². The number of halogens is 3. The van der Waals surface area contributed by atoms with E-state index < -0.39 is 23.8 Å². The van der Waals surface area contributed by atoms with Crippen molar-refractivity contribution in [1.29, 1.82) is 0 Å². The summed E-state index contributed by atoms with van der Waals surface area (Å²) in [6, 6.07) is 11.2. The van der Waals surface area contributed by atoms with Crippen LogP contribution in [-0.4, -0.2) is 45.5 Å². The first-order valence-electron chi connectivity index (χ1n) is 12.0. The fraction of sp³-hybridized carbons (Fsp3) is 0.286. The van der Waals surface area contributed by atoms with Crippen LogP contribution >= 0.6 is 0 Å². The number of likely N-dealkylation sites (N-methyl/N-ethyl adjacent to an activating group) is 1. The standard InChI is InChI=1S/C28H27F3N4O2/c1-16-21(5-4-6-23(16)28(29,30)31)17(2)32-26-22-13-19(18-9-11-34(3)12-10-18)7-8-24(22)35-15-20(27(36)37)14-25(35)33-26/h4-9,13-15,17H,10-12H2,1-3H3,(H,32,33)(H,36,37). The molecule has 0 fully saturated rings. The average molecular weight is 509 g/mol. The first-order chi connectivity index (χ1) is 17.5. The molecule has 0 spiro atoms. The smallest absolute Gasteiger partial charge is 0.416 e. The van der Waals surface area contributed by atoms with Crippen LogP contribution in [0.1, 0.15) is 52.0 Å². The van der Waals surface area contributed by atoms with E-state index in [1.807, 2.05) is 18.2 Å². The summed E-state index contributed by atoms with van der Waals surface area (Å²) < 4.78 is 42.3. The molecule has 0 saturated heterocycles. The number of hydrogen-bond acceptors (Lipinski definition) is 4. The lowest BCUT2D eigenvalue weighted by molar-refractivity contribution is -0.138. The van der Waals surface area contributed by atoms with E-state index in [-0.39, 0.29) is 11.1 Å². The van der Waals surface area contributed by atoms with Crippen LogP contribution in [0.15, 0.2) is 54.7 Å². The molecule has 1 unspecified atom stereocenters. The van der Waals surface area contributed by atoms with Gasteiger partial charge < -0.3 is 19.7 Å². The van der Waals surface area contributed by atoms with Gasteiger partial charge in [0.2, 0.25) is 0 Å². The quantitative estimate of drug-likeness (QED) is 0.326. The molecule has 4 aromatic rings. The Morgan fingerprint density at radius 2 is 1.97 bits per heavy atom. The van der Waals surface area contributed by atoms with Gasteiger partial charge in [-0.25, -0.2) is 9.78 Å². The highest BCUT2D eigenvalue weighted by molar-refractivity contribution is 5.96. The summed E-state index contributed by atoms with van der Waals surface area (Å²) in [4.78, 5) is 18.6. The van der Waals surface area contributed by atoms with Gasteiger partial charge in [0, 0.05) is 24.7 Å². The fourth-order valence-corrected chi connectivity index (χ4v) is 5.01. The number of rotatable bonds is 5. The molecule has 0 bridgehead atoms. The number of carboxylic acids is 1. The second-order valence-electron chi connectivity index (χ2n) is 9.58. The molecule has 2 aromatic heterocycles. The normalized spacial score (nSPS) is 15.7. The predicted octanol–water partition coefficient (Wildman–Crippen LogP) is 6.40. The van der Waals surface area contributed by atoms with Gasteiger partial charge in [0.25, 0.3) is 0 Å². The molecule has 9 heteroatoms. The van der Waals surface area contributed by atoms with E-state index in [1.54, 1.807) is 17.4 Å². The number of nitrogens with zero attached hydrogens (tertiary/aromatic N) is 3. The molecule has 0 radical (unpaired) electrons. The monoisotopic (exact) mass is 508 g/mol. The molecule has 5 rings (SSSR count). The van der Waals surface area contributed by atoms with Crippen molar-refractivity contribution in [2.24, 2.45) is 0 Å². The van der Waals surface area contributed by atoms with Gasteiger partial charge in [-0.2, -0.15) is 13.2 Å². The van der Waals surface area contributed by atoms with Crippen LogP contribution in [0, 0.1) is 6.92 Å². The van der Waals surface area contributed by atoms with Crippen molar-refractivity contribution in [3.05, 3.63) is 82.6 Å². The number of nitrogens with one attached hydrogen (secondary N) is 1. The zero-order chi connectivity index (χ0) is 26.5. The SMILES string of the molecule is Cc1c(C(C)Nc2nc3cc(C(=O)O)cn3c3ccc(C4=CCN(C)CC4)cc23)cccc1C(F)(F)F. The molecule has 2 N–H and O–H groups in total. The van der Waals surface area contributed by atoms with Gasteiger partial charge in [-0.3, -0.25) is 0 Å². The average Bonchev–Trinajstić information content (AvgIpc) is 3.28. The molecule has 37 heavy (non-hydrogen) atoms. The van der Waals surface area contributed by atoms with Crippen molar-refractivity contribution in [3.8, 4) is 0 Å². The van der Waals surface area contributed by atoms with Gasteiger partial charge in [-0.05, 0) is 73.8 Å². The molecule has 3 heterocycles. The summed E-state index contributed by atoms with van der Waals surface area (Å²) in [6.45, 7) is 5.06. The van der Waals surface area contributed by atoms with Gasteiger partial charge in [0.1, 0.15) is 11.5 Å². The number of hydrogen-bond donors (Lipinski definition) is 2. The summed E-state index contributed by atoms with van der Waals surface area (Å²) >= 11 is 0. The minimum Gasteiger partial charge on any atom is -0.478 e. The second kappa shape index (κ2) is 9.23. The summed E-state index contributed by atoms with van der Waals surface area (Å²) in [5, 5.41) is 13.6. The third-order valence-corrected chi connectivity index (χ3v) is 7.07. The maximum absolute atomic E-state index is 13.5. The van der Waals surface area contributed by atoms with Crippen molar-refractivity contribution in [2.75, 3.05) is 25.5 Å². The summed E-state index contributed by atoms with van der Waals surface area (Å²) in [5.41, 5.74) is 3.56. The third-order valence-electron chi connectivity index (χ3n) is 7.07. The highest BCUT2D eigenvalue weighted by Crippen LogP contribution is 2.36. The number of carbonyl (C=O) groups is 1. The Labute approximate surface area is 212 Å². The zero-order valence-corrected chi connectivity index (χ0v) is 20.7. The van der Waals surface area contributed by atoms with Crippen molar-refractivity contribution in [3.63, 3.8) is 0 Å². The van der Waals surface area contributed by atoms with E-state index in [4.69, 9.17) is 4.98 Å². The Bertz CT molecular complexity index is 1550. The first kappa shape index (κ1) is 24.8. The van der Waals surface area contributed by atoms with Gasteiger partial charge in [-0.1, -0.05) is 24.3 Å². The number of carboxylic acid groups (broad SMARTS) is 1. The number of aromatic nitrogens is 2. The van der Waals surface area contributed by atoms with E-state index in [0.29, 0.717) is 17.0 Å². The minimum atomic E-state index is -4.44. The van der Waals surface area contributed by atoms with E-state index in [0.717, 1.165) is 42.0 Å². The Morgan fingerprint density at radius 3 is 2.65 bits per heavy atom. The van der Waals surface area contributed by atoms with Crippen LogP contribution in [0.25, 0.3) is 22.1 Å². The molecule has 2 aromatic carbocycles. The molecule has 1 aliphatic rings. The van der Waals surface area contributed by atoms with Crippen LogP contribution in [0.2, 0.25) is 0 Å². The minimum absolute atomic E-state index is 0.106. The molecule has 0 aliphatic carbocycles. The topological polar surface area (TPSA) is 69.9 Å². The number of aromatic carboxylic acids is 1. The number of anilines is 1. The number of benzene rings is 2. The van der Waals surface area contributed by atoms with Crippen LogP contribution < -0.4 is 5.32 Å². The summed E-state index contributed by atoms with van der Waals surface area (Å²) in [5.74, 6) is -0.577. The molecular weight excluding hydrogens is 481 g/mol. The molecule has 6 nitrogen and oxygen atoms in total. The Balaban J connectivity index is 1.64. The van der Waals surface area contributed by atoms with E-state index >= 15 is 0 Å². The lowest BCUT2D eigenvalue weighted by Crippen LogP contribution is -2.23. The molecule has 0 saturated carbocycles. The van der Waals surface area contributed by atoms with Crippen molar-refractivity contribution < 1.29 is 23.1 Å². The molecule has 0 amide bonds. The number of alkyl halides is 3. The zero-order valence-electron chi connectivity index (χ0n) is 20.7. The third kappa shape index (κ3) is 4.67. The Kier molecular flexibility index (Phi) is 6.19. The largest absolute Gasteiger partial charge is 0.478 e. The summed E-state index contributed by atoms with van der Waals surface area (Å²) in [7, 11) is 2.07. The van der Waals surface area contributed by atoms with E-state index in [2.05, 4.69) is 23.3 Å². The first-order valence-corrected chi connectivity index (χ1v) is 12.0. The van der Waals surface area contributed by atoms with Crippen molar-refractivity contribution in [1.82, 2.24) is 14.3 Å². The van der Waals surface area contributed by atoms with E-state index in [1.165, 1.54) is 30.8 Å². The fourth-order valence-electron chi connectivity index (χ4n) is 5.01. The van der Waals surface area contributed by atoms with Crippen LogP contribution in [-0.2, 0) is 6.18 Å². The predicted molar refractivity (Wildman–Crippen MR) is 138 cm³/mol. The maximum Gasteiger partial charge on any atom is 0.416 e. The molecule has 192 valence electrons. The van der Waals surface area contributed by atoms with Crippen LogP contribution in [0.3, 0.4) is 0 Å². The highest BCUT2D eigenvalue weighted by Gasteiger charge is 2.33. The Hall–Kier alpha value is -3.85. The lowest BCUT2D eigenvalue weighted by atomic mass is 9.96. The summed E-state index contributed by atoms with van der Waals surface area (Å²) in [6.07, 6.45) is 0.175. The second-order valence-corrected chi connectivity index (χ2v) is 9.58. The van der Waals surface area contributed by atoms with E-state index in [9.17, 15) is 23.1 Å².